The fourth-order valence-corrected chi connectivity index (χ4v) is 7.31. The van der Waals surface area contributed by atoms with Crippen molar-refractivity contribution in [2.75, 3.05) is 30.0 Å². The summed E-state index contributed by atoms with van der Waals surface area (Å²) in [4.78, 5) is 12.6. The minimum Gasteiger partial charge on any atom is -0.322 e. The summed E-state index contributed by atoms with van der Waals surface area (Å²) in [6, 6.07) is 6.18. The molecule has 1 radical (unpaired) electrons. The Kier molecular flexibility index (Phi) is 8.76. The molecule has 0 aromatic heterocycles. The molecule has 0 bridgehead atoms. The van der Waals surface area contributed by atoms with Crippen molar-refractivity contribution >= 4 is 18.9 Å². The average molecular weight is 395 g/mol. The molecule has 1 aliphatic rings. The number of nitrogens with one attached hydrogen (secondary N) is 1. The monoisotopic (exact) mass is 395 g/mol. The van der Waals surface area contributed by atoms with E-state index in [4.69, 9.17) is 0 Å². The van der Waals surface area contributed by atoms with Crippen LogP contribution >= 0.6 is 7.26 Å². The first-order valence-electron chi connectivity index (χ1n) is 8.27. The molecule has 2 rings (SSSR count). The summed E-state index contributed by atoms with van der Waals surface area (Å²) in [5.41, 5.74) is 3.34. The van der Waals surface area contributed by atoms with E-state index in [1.807, 2.05) is 6.07 Å². The maximum atomic E-state index is 12.6. The number of hydrogen-bond donors (Lipinski definition) is 1. The van der Waals surface area contributed by atoms with Crippen molar-refractivity contribution in [1.29, 1.82) is 0 Å². The van der Waals surface area contributed by atoms with E-state index in [-0.39, 0.29) is 38.6 Å². The van der Waals surface area contributed by atoms with Crippen LogP contribution in [0.15, 0.2) is 18.2 Å². The number of hydrogen-bond acceptors (Lipinski definition) is 1. The molecule has 2 nitrogen and oxygen atoms in total. The Morgan fingerprint density at radius 3 is 2.14 bits per heavy atom. The summed E-state index contributed by atoms with van der Waals surface area (Å²) in [6.45, 7) is 6.43. The molecule has 1 saturated heterocycles. The number of aryl methyl sites for hydroxylation is 2. The van der Waals surface area contributed by atoms with Crippen molar-refractivity contribution in [2.24, 2.45) is 0 Å². The third kappa shape index (κ3) is 5.39. The Morgan fingerprint density at radius 1 is 1.09 bits per heavy atom. The zero-order valence-corrected chi connectivity index (χ0v) is 18.1. The van der Waals surface area contributed by atoms with Crippen LogP contribution in [0.5, 0.6) is 0 Å². The van der Waals surface area contributed by atoms with Gasteiger partial charge in [-0.1, -0.05) is 18.2 Å². The van der Waals surface area contributed by atoms with Gasteiger partial charge in [-0.3, -0.25) is 4.79 Å². The zero-order valence-electron chi connectivity index (χ0n) is 14.3. The van der Waals surface area contributed by atoms with Crippen molar-refractivity contribution in [3.05, 3.63) is 29.3 Å². The van der Waals surface area contributed by atoms with E-state index < -0.39 is 7.26 Å². The van der Waals surface area contributed by atoms with E-state index in [0.29, 0.717) is 0 Å². The minimum absolute atomic E-state index is 0. The Labute approximate surface area is 161 Å². The van der Waals surface area contributed by atoms with E-state index in [1.54, 1.807) is 0 Å². The van der Waals surface area contributed by atoms with Gasteiger partial charge in [0, 0.05) is 45.7 Å². The molecule has 0 unspecified atom stereocenters. The van der Waals surface area contributed by atoms with Gasteiger partial charge in [-0.2, -0.15) is 0 Å². The molecule has 0 aliphatic carbocycles. The normalized spacial score (nSPS) is 17.2. The van der Waals surface area contributed by atoms with Crippen LogP contribution in [-0.4, -0.2) is 30.6 Å². The van der Waals surface area contributed by atoms with E-state index in [9.17, 15) is 4.79 Å². The van der Waals surface area contributed by atoms with Crippen LogP contribution in [0.4, 0.5) is 5.69 Å². The fraction of sp³-hybridized carbons (Fsp3) is 0.611. The Hall–Kier alpha value is 0.224. The van der Waals surface area contributed by atoms with Crippen LogP contribution in [0.1, 0.15) is 43.7 Å². The van der Waals surface area contributed by atoms with Crippen LogP contribution in [0.25, 0.3) is 0 Å². The van der Waals surface area contributed by atoms with Gasteiger partial charge in [0.1, 0.15) is 6.16 Å². The van der Waals surface area contributed by atoms with Crippen molar-refractivity contribution in [3.63, 3.8) is 0 Å². The predicted molar refractivity (Wildman–Crippen MR) is 95.1 cm³/mol. The van der Waals surface area contributed by atoms with Crippen LogP contribution in [0, 0.1) is 13.8 Å². The minimum atomic E-state index is -1.05. The Bertz CT molecular complexity index is 476. The number of para-hydroxylation sites is 1. The quantitative estimate of drug-likeness (QED) is 0.726. The molecular weight excluding hydrogens is 366 g/mol. The first-order valence-corrected chi connectivity index (χ1v) is 10.8. The van der Waals surface area contributed by atoms with Gasteiger partial charge in [0.2, 0.25) is 0 Å². The largest absolute Gasteiger partial charge is 0.322 e. The second-order valence-corrected chi connectivity index (χ2v) is 11.0. The summed E-state index contributed by atoms with van der Waals surface area (Å²) < 4.78 is 0. The molecule has 0 saturated carbocycles. The molecule has 0 spiro atoms. The van der Waals surface area contributed by atoms with Crippen molar-refractivity contribution in [1.82, 2.24) is 0 Å². The summed E-state index contributed by atoms with van der Waals surface area (Å²) >= 11 is 0. The smallest absolute Gasteiger partial charge is 0.261 e. The predicted octanol–water partition coefficient (Wildman–Crippen LogP) is 4.85. The molecule has 1 fully saturated rings. The van der Waals surface area contributed by atoms with Crippen molar-refractivity contribution in [3.8, 4) is 0 Å². The molecule has 1 aliphatic heterocycles. The molecule has 1 amide bonds. The Balaban J connectivity index is 0.00000242. The number of carbonyl (C=O) groups excluding carboxylic acids is 1. The van der Waals surface area contributed by atoms with Crippen LogP contribution in [0.2, 0.25) is 0 Å². The second kappa shape index (κ2) is 9.50. The maximum Gasteiger partial charge on any atom is 0.261 e. The molecule has 1 aromatic carbocycles. The van der Waals surface area contributed by atoms with Gasteiger partial charge in [-0.25, -0.2) is 0 Å². The molecule has 4 heteroatoms. The fourth-order valence-electron chi connectivity index (χ4n) is 3.44. The van der Waals surface area contributed by atoms with Gasteiger partial charge in [-0.05, 0) is 57.6 Å². The summed E-state index contributed by atoms with van der Waals surface area (Å²) in [5, 5.41) is 3.19. The van der Waals surface area contributed by atoms with E-state index in [1.165, 1.54) is 44.2 Å². The molecule has 1 N–H and O–H groups in total. The molecule has 1 aromatic rings. The topological polar surface area (TPSA) is 29.1 Å². The standard InChI is InChI=1S/C18H28NOP.Y/c1-4-21(12-7-5-6-8-13-21)14-17(20)19-18-15(2)10-9-11-16(18)3;/h9-11H,4-8,12-14H2,1-3H3;/p+1. The summed E-state index contributed by atoms with van der Waals surface area (Å²) in [6.07, 6.45) is 10.1. The van der Waals surface area contributed by atoms with Crippen LogP contribution in [0.3, 0.4) is 0 Å². The summed E-state index contributed by atoms with van der Waals surface area (Å²) in [5.74, 6) is 0.240. The third-order valence-corrected chi connectivity index (χ3v) is 9.74. The molecule has 0 atom stereocenters. The first kappa shape index (κ1) is 20.3. The average Bonchev–Trinajstić information content (AvgIpc) is 2.69. The molecule has 119 valence electrons. The zero-order chi connectivity index (χ0) is 15.3. The van der Waals surface area contributed by atoms with Crippen molar-refractivity contribution < 1.29 is 37.5 Å². The van der Waals surface area contributed by atoms with Crippen LogP contribution in [-0.2, 0) is 37.5 Å². The first-order chi connectivity index (χ1) is 10.1. The van der Waals surface area contributed by atoms with Crippen molar-refractivity contribution in [2.45, 2.75) is 46.5 Å². The van der Waals surface area contributed by atoms with Crippen LogP contribution < -0.4 is 5.32 Å². The van der Waals surface area contributed by atoms with E-state index in [0.717, 1.165) is 23.0 Å². The van der Waals surface area contributed by atoms with E-state index in [2.05, 4.69) is 38.2 Å². The third-order valence-electron chi connectivity index (χ3n) is 4.91. The van der Waals surface area contributed by atoms with Gasteiger partial charge in [0.05, 0.1) is 18.5 Å². The van der Waals surface area contributed by atoms with Gasteiger partial charge < -0.3 is 5.32 Å². The number of rotatable bonds is 4. The number of carbonyl (C=O) groups is 1. The van der Waals surface area contributed by atoms with Gasteiger partial charge in [0.15, 0.2) is 0 Å². The molecule has 22 heavy (non-hydrogen) atoms. The molecular formula is C18H29NOPY+. The van der Waals surface area contributed by atoms with Gasteiger partial charge >= 0.3 is 0 Å². The number of anilines is 1. The summed E-state index contributed by atoms with van der Waals surface area (Å²) in [7, 11) is -1.05. The molecule has 1 heterocycles. The number of benzene rings is 1. The maximum absolute atomic E-state index is 12.6. The van der Waals surface area contributed by atoms with E-state index >= 15 is 0 Å². The SMILES string of the molecule is CC[P+]1(CC(=O)Nc2c(C)cccc2C)CCCCCC1.[Y]. The Morgan fingerprint density at radius 2 is 1.64 bits per heavy atom. The second-order valence-electron chi connectivity index (χ2n) is 6.49. The van der Waals surface area contributed by atoms with Gasteiger partial charge in [0.25, 0.3) is 5.91 Å². The number of amides is 1. The van der Waals surface area contributed by atoms with Gasteiger partial charge in [-0.15, -0.1) is 0 Å².